The third-order valence-electron chi connectivity index (χ3n) is 1.94. The molecule has 1 fully saturated rings. The summed E-state index contributed by atoms with van der Waals surface area (Å²) in [5, 5.41) is 0. The van der Waals surface area contributed by atoms with E-state index in [1.54, 1.807) is 0 Å². The zero-order valence-electron chi connectivity index (χ0n) is 5.57. The lowest BCUT2D eigenvalue weighted by molar-refractivity contribution is 0.266. The third kappa shape index (κ3) is 1.20. The Labute approximate surface area is 50.6 Å². The Morgan fingerprint density at radius 1 is 1.00 bits per heavy atom. The van der Waals surface area contributed by atoms with E-state index in [-0.39, 0.29) is 0 Å². The molecule has 1 heterocycles. The Morgan fingerprint density at radius 2 is 1.38 bits per heavy atom. The zero-order chi connectivity index (χ0) is 5.98. The van der Waals surface area contributed by atoms with Crippen LogP contribution in [0, 0.1) is 11.8 Å². The van der Waals surface area contributed by atoms with E-state index in [1.165, 1.54) is 0 Å². The van der Waals surface area contributed by atoms with E-state index in [1.807, 2.05) is 0 Å². The van der Waals surface area contributed by atoms with Crippen molar-refractivity contribution in [1.82, 2.24) is 10.9 Å². The van der Waals surface area contributed by atoms with Crippen molar-refractivity contribution in [2.24, 2.45) is 11.8 Å². The highest BCUT2D eigenvalue weighted by Gasteiger charge is 2.14. The molecule has 0 bridgehead atoms. The summed E-state index contributed by atoms with van der Waals surface area (Å²) in [4.78, 5) is 0. The van der Waals surface area contributed by atoms with Crippen LogP contribution in [0.4, 0.5) is 0 Å². The van der Waals surface area contributed by atoms with Crippen molar-refractivity contribution >= 4 is 0 Å². The highest BCUT2D eigenvalue weighted by molar-refractivity contribution is 4.69. The van der Waals surface area contributed by atoms with Gasteiger partial charge in [0.05, 0.1) is 0 Å². The van der Waals surface area contributed by atoms with E-state index >= 15 is 0 Å². The fraction of sp³-hybridized carbons (Fsp3) is 1.00. The highest BCUT2D eigenvalue weighted by atomic mass is 15.4. The minimum Gasteiger partial charge on any atom is -0.258 e. The van der Waals surface area contributed by atoms with Crippen molar-refractivity contribution in [3.8, 4) is 0 Å². The zero-order valence-corrected chi connectivity index (χ0v) is 5.57. The maximum Gasteiger partial charge on any atom is 0.0128 e. The van der Waals surface area contributed by atoms with E-state index in [9.17, 15) is 0 Å². The van der Waals surface area contributed by atoms with Crippen LogP contribution in [0.1, 0.15) is 13.8 Å². The summed E-state index contributed by atoms with van der Waals surface area (Å²) in [6.45, 7) is 6.78. The number of rotatable bonds is 0. The first kappa shape index (κ1) is 6.05. The SMILES string of the molecule is CC1CNNCC1C. The van der Waals surface area contributed by atoms with Gasteiger partial charge in [-0.1, -0.05) is 13.8 Å². The molecule has 0 aromatic heterocycles. The van der Waals surface area contributed by atoms with Gasteiger partial charge in [-0.3, -0.25) is 10.9 Å². The minimum absolute atomic E-state index is 0.830. The molecule has 2 N–H and O–H groups in total. The summed E-state index contributed by atoms with van der Waals surface area (Å²) in [7, 11) is 0. The second-order valence-electron chi connectivity index (χ2n) is 2.72. The molecular formula is C6H14N2. The van der Waals surface area contributed by atoms with Crippen LogP contribution in [0.3, 0.4) is 0 Å². The molecule has 0 aromatic rings. The maximum absolute atomic E-state index is 3.11. The molecule has 1 aliphatic rings. The number of hydrazine groups is 1. The van der Waals surface area contributed by atoms with Crippen molar-refractivity contribution in [3.63, 3.8) is 0 Å². The van der Waals surface area contributed by atoms with Crippen molar-refractivity contribution < 1.29 is 0 Å². The quantitative estimate of drug-likeness (QED) is 0.475. The first-order valence-corrected chi connectivity index (χ1v) is 3.26. The van der Waals surface area contributed by atoms with Gasteiger partial charge in [0.15, 0.2) is 0 Å². The second kappa shape index (κ2) is 2.46. The molecule has 48 valence electrons. The molecule has 2 heteroatoms. The van der Waals surface area contributed by atoms with Gasteiger partial charge < -0.3 is 0 Å². The Hall–Kier alpha value is -0.0800. The van der Waals surface area contributed by atoms with Crippen LogP contribution in [0.25, 0.3) is 0 Å². The Morgan fingerprint density at radius 3 is 1.62 bits per heavy atom. The summed E-state index contributed by atoms with van der Waals surface area (Å²) < 4.78 is 0. The van der Waals surface area contributed by atoms with Gasteiger partial charge in [-0.05, 0) is 11.8 Å². The van der Waals surface area contributed by atoms with E-state index < -0.39 is 0 Å². The largest absolute Gasteiger partial charge is 0.258 e. The highest BCUT2D eigenvalue weighted by Crippen LogP contribution is 2.09. The van der Waals surface area contributed by atoms with Crippen molar-refractivity contribution in [2.45, 2.75) is 13.8 Å². The molecule has 0 radical (unpaired) electrons. The van der Waals surface area contributed by atoms with E-state index in [0.717, 1.165) is 24.9 Å². The van der Waals surface area contributed by atoms with Crippen LogP contribution in [-0.4, -0.2) is 13.1 Å². The van der Waals surface area contributed by atoms with Gasteiger partial charge in [-0.25, -0.2) is 0 Å². The third-order valence-corrected chi connectivity index (χ3v) is 1.94. The van der Waals surface area contributed by atoms with Crippen LogP contribution >= 0.6 is 0 Å². The molecule has 0 amide bonds. The van der Waals surface area contributed by atoms with Crippen LogP contribution in [-0.2, 0) is 0 Å². The van der Waals surface area contributed by atoms with Gasteiger partial charge >= 0.3 is 0 Å². The monoisotopic (exact) mass is 114 g/mol. The molecule has 8 heavy (non-hydrogen) atoms. The van der Waals surface area contributed by atoms with Gasteiger partial charge in [0.25, 0.3) is 0 Å². The number of hydrogen-bond acceptors (Lipinski definition) is 2. The predicted molar refractivity (Wildman–Crippen MR) is 34.3 cm³/mol. The fourth-order valence-electron chi connectivity index (χ4n) is 0.869. The normalized spacial score (nSPS) is 39.8. The average Bonchev–Trinajstić information content (AvgIpc) is 1.77. The molecule has 0 aromatic carbocycles. The second-order valence-corrected chi connectivity index (χ2v) is 2.72. The molecule has 0 aliphatic carbocycles. The van der Waals surface area contributed by atoms with Crippen LogP contribution < -0.4 is 10.9 Å². The molecule has 1 rings (SSSR count). The fourth-order valence-corrected chi connectivity index (χ4v) is 0.869. The topological polar surface area (TPSA) is 24.1 Å². The average molecular weight is 114 g/mol. The van der Waals surface area contributed by atoms with Crippen molar-refractivity contribution in [1.29, 1.82) is 0 Å². The van der Waals surface area contributed by atoms with Gasteiger partial charge in [0, 0.05) is 13.1 Å². The smallest absolute Gasteiger partial charge is 0.0128 e. The summed E-state index contributed by atoms with van der Waals surface area (Å²) in [5.41, 5.74) is 6.23. The summed E-state index contributed by atoms with van der Waals surface area (Å²) in [5.74, 6) is 1.66. The van der Waals surface area contributed by atoms with Crippen LogP contribution in [0.15, 0.2) is 0 Å². The Bertz CT molecular complexity index is 62.9. The van der Waals surface area contributed by atoms with Crippen molar-refractivity contribution in [2.75, 3.05) is 13.1 Å². The standard InChI is InChI=1S/C6H14N2/c1-5-3-7-8-4-6(5)2/h5-8H,3-4H2,1-2H3. The molecule has 2 nitrogen and oxygen atoms in total. The van der Waals surface area contributed by atoms with Gasteiger partial charge in [-0.2, -0.15) is 0 Å². The van der Waals surface area contributed by atoms with Crippen LogP contribution in [0.5, 0.6) is 0 Å². The van der Waals surface area contributed by atoms with Gasteiger partial charge in [0.1, 0.15) is 0 Å². The van der Waals surface area contributed by atoms with E-state index in [4.69, 9.17) is 0 Å². The Balaban J connectivity index is 2.28. The molecule has 0 saturated carbocycles. The predicted octanol–water partition coefficient (Wildman–Crippen LogP) is 0.366. The summed E-state index contributed by atoms with van der Waals surface area (Å²) >= 11 is 0. The molecule has 0 spiro atoms. The number of hydrogen-bond donors (Lipinski definition) is 2. The summed E-state index contributed by atoms with van der Waals surface area (Å²) in [6.07, 6.45) is 0. The molecule has 2 atom stereocenters. The summed E-state index contributed by atoms with van der Waals surface area (Å²) in [6, 6.07) is 0. The van der Waals surface area contributed by atoms with Gasteiger partial charge in [0.2, 0.25) is 0 Å². The lowest BCUT2D eigenvalue weighted by atomic mass is 9.95. The lowest BCUT2D eigenvalue weighted by Gasteiger charge is -2.26. The minimum atomic E-state index is 0.830. The molecule has 1 aliphatic heterocycles. The lowest BCUT2D eigenvalue weighted by Crippen LogP contribution is -2.46. The Kier molecular flexibility index (Phi) is 1.86. The molecular weight excluding hydrogens is 100 g/mol. The van der Waals surface area contributed by atoms with E-state index in [0.29, 0.717) is 0 Å². The van der Waals surface area contributed by atoms with Crippen LogP contribution in [0.2, 0.25) is 0 Å². The first-order chi connectivity index (χ1) is 3.80. The first-order valence-electron chi connectivity index (χ1n) is 3.26. The number of nitrogens with one attached hydrogen (secondary N) is 2. The van der Waals surface area contributed by atoms with E-state index in [2.05, 4.69) is 24.7 Å². The van der Waals surface area contributed by atoms with Crippen molar-refractivity contribution in [3.05, 3.63) is 0 Å². The molecule has 2 unspecified atom stereocenters. The maximum atomic E-state index is 3.11. The molecule has 1 saturated heterocycles. The van der Waals surface area contributed by atoms with Gasteiger partial charge in [-0.15, -0.1) is 0 Å².